The highest BCUT2D eigenvalue weighted by molar-refractivity contribution is 6.00. The van der Waals surface area contributed by atoms with Crippen molar-refractivity contribution in [2.75, 3.05) is 0 Å². The Bertz CT molecular complexity index is 880. The second-order valence-corrected chi connectivity index (χ2v) is 5.72. The topological polar surface area (TPSA) is 78.0 Å². The zero-order chi connectivity index (χ0) is 16.0. The molecule has 3 aromatic rings. The lowest BCUT2D eigenvalue weighted by atomic mass is 9.96. The van der Waals surface area contributed by atoms with Gasteiger partial charge in [-0.25, -0.2) is 0 Å². The molecule has 1 atom stereocenters. The van der Waals surface area contributed by atoms with E-state index in [0.717, 1.165) is 22.4 Å². The molecule has 3 N–H and O–H groups in total. The zero-order valence-corrected chi connectivity index (χ0v) is 12.5. The predicted octanol–water partition coefficient (Wildman–Crippen LogP) is 2.92. The van der Waals surface area contributed by atoms with Crippen LogP contribution in [-0.2, 0) is 0 Å². The molecule has 114 valence electrons. The van der Waals surface area contributed by atoms with Crippen molar-refractivity contribution in [1.29, 1.82) is 0 Å². The molecular formula is C18H15N3O2. The van der Waals surface area contributed by atoms with Crippen LogP contribution in [0, 0.1) is 6.92 Å². The summed E-state index contributed by atoms with van der Waals surface area (Å²) in [4.78, 5) is 12.2. The van der Waals surface area contributed by atoms with E-state index in [9.17, 15) is 9.90 Å². The van der Waals surface area contributed by atoms with Crippen molar-refractivity contribution in [3.63, 3.8) is 0 Å². The highest BCUT2D eigenvalue weighted by Gasteiger charge is 2.35. The van der Waals surface area contributed by atoms with Gasteiger partial charge in [0.1, 0.15) is 11.4 Å². The molecule has 1 unspecified atom stereocenters. The third-order valence-corrected chi connectivity index (χ3v) is 4.15. The highest BCUT2D eigenvalue weighted by atomic mass is 16.3. The minimum atomic E-state index is -0.270. The smallest absolute Gasteiger partial charge is 0.270 e. The van der Waals surface area contributed by atoms with Gasteiger partial charge in [-0.15, -0.1) is 0 Å². The summed E-state index contributed by atoms with van der Waals surface area (Å²) >= 11 is 0. The second-order valence-electron chi connectivity index (χ2n) is 5.72. The lowest BCUT2D eigenvalue weighted by Crippen LogP contribution is -2.21. The number of aromatic amines is 1. The molecule has 2 heterocycles. The Labute approximate surface area is 133 Å². The van der Waals surface area contributed by atoms with E-state index in [-0.39, 0.29) is 17.7 Å². The van der Waals surface area contributed by atoms with Gasteiger partial charge in [-0.3, -0.25) is 9.89 Å². The minimum absolute atomic E-state index is 0.163. The number of benzene rings is 2. The van der Waals surface area contributed by atoms with Gasteiger partial charge in [-0.1, -0.05) is 42.0 Å². The first-order valence-corrected chi connectivity index (χ1v) is 7.38. The van der Waals surface area contributed by atoms with Gasteiger partial charge in [-0.05, 0) is 24.6 Å². The van der Waals surface area contributed by atoms with Crippen LogP contribution in [0.2, 0.25) is 0 Å². The number of phenolic OH excluding ortho intramolecular Hbond substituents is 1. The van der Waals surface area contributed by atoms with Crippen molar-refractivity contribution < 1.29 is 9.90 Å². The molecule has 0 bridgehead atoms. The molecule has 0 saturated heterocycles. The molecule has 0 aliphatic carbocycles. The molecular weight excluding hydrogens is 290 g/mol. The first-order valence-electron chi connectivity index (χ1n) is 7.38. The molecule has 1 aliphatic rings. The highest BCUT2D eigenvalue weighted by Crippen LogP contribution is 2.37. The van der Waals surface area contributed by atoms with E-state index in [1.807, 2.05) is 31.2 Å². The Hall–Kier alpha value is -3.08. The van der Waals surface area contributed by atoms with Gasteiger partial charge in [0.2, 0.25) is 0 Å². The van der Waals surface area contributed by atoms with Crippen LogP contribution in [0.5, 0.6) is 5.75 Å². The first kappa shape index (κ1) is 13.6. The largest absolute Gasteiger partial charge is 0.508 e. The van der Waals surface area contributed by atoms with Gasteiger partial charge in [0, 0.05) is 11.1 Å². The third-order valence-electron chi connectivity index (χ3n) is 4.15. The van der Waals surface area contributed by atoms with Crippen LogP contribution in [0.1, 0.15) is 33.2 Å². The van der Waals surface area contributed by atoms with E-state index < -0.39 is 0 Å². The molecule has 0 fully saturated rings. The van der Waals surface area contributed by atoms with Crippen LogP contribution in [-0.4, -0.2) is 21.2 Å². The van der Waals surface area contributed by atoms with E-state index in [0.29, 0.717) is 5.69 Å². The second kappa shape index (κ2) is 4.98. The lowest BCUT2D eigenvalue weighted by Gasteiger charge is -2.13. The van der Waals surface area contributed by atoms with Gasteiger partial charge in [0.15, 0.2) is 0 Å². The molecule has 4 rings (SSSR count). The number of aromatic nitrogens is 2. The molecule has 0 radical (unpaired) electrons. The zero-order valence-electron chi connectivity index (χ0n) is 12.5. The number of H-pyrrole nitrogens is 1. The predicted molar refractivity (Wildman–Crippen MR) is 86.2 cm³/mol. The summed E-state index contributed by atoms with van der Waals surface area (Å²) in [6, 6.07) is 14.6. The average Bonchev–Trinajstić information content (AvgIpc) is 3.11. The SMILES string of the molecule is Cc1ccc(-c2n[nH]c3c2C(c2ccc(O)cc2)NC3=O)cc1. The molecule has 5 nitrogen and oxygen atoms in total. The lowest BCUT2D eigenvalue weighted by molar-refractivity contribution is 0.0955. The van der Waals surface area contributed by atoms with Crippen molar-refractivity contribution in [1.82, 2.24) is 15.5 Å². The van der Waals surface area contributed by atoms with Gasteiger partial charge in [-0.2, -0.15) is 5.10 Å². The number of aryl methyl sites for hydroxylation is 1. The summed E-state index contributed by atoms with van der Waals surface area (Å²) in [5.41, 5.74) is 5.17. The van der Waals surface area contributed by atoms with Crippen molar-refractivity contribution in [2.45, 2.75) is 13.0 Å². The Morgan fingerprint density at radius 3 is 2.43 bits per heavy atom. The fourth-order valence-electron chi connectivity index (χ4n) is 2.93. The maximum Gasteiger partial charge on any atom is 0.270 e. The number of nitrogens with one attached hydrogen (secondary N) is 2. The Balaban J connectivity index is 1.84. The maximum absolute atomic E-state index is 12.2. The summed E-state index contributed by atoms with van der Waals surface area (Å²) in [5.74, 6) is 0.0354. The molecule has 5 heteroatoms. The van der Waals surface area contributed by atoms with E-state index >= 15 is 0 Å². The number of carbonyl (C=O) groups excluding carboxylic acids is 1. The standard InChI is InChI=1S/C18H15N3O2/c1-10-2-4-12(5-3-10)16-14-15(11-6-8-13(22)9-7-11)19-18(23)17(14)21-20-16/h2-9,15,22H,1H3,(H,19,23)(H,20,21). The van der Waals surface area contributed by atoms with E-state index in [1.54, 1.807) is 24.3 Å². The molecule has 0 saturated carbocycles. The molecule has 2 aromatic carbocycles. The number of rotatable bonds is 2. The molecule has 1 amide bonds. The monoisotopic (exact) mass is 305 g/mol. The maximum atomic E-state index is 12.2. The Morgan fingerprint density at radius 2 is 1.74 bits per heavy atom. The van der Waals surface area contributed by atoms with Gasteiger partial charge >= 0.3 is 0 Å². The first-order chi connectivity index (χ1) is 11.1. The number of carbonyl (C=O) groups is 1. The Morgan fingerprint density at radius 1 is 1.04 bits per heavy atom. The van der Waals surface area contributed by atoms with Gasteiger partial charge in [0.05, 0.1) is 11.7 Å². The summed E-state index contributed by atoms with van der Waals surface area (Å²) in [6.07, 6.45) is 0. The number of phenols is 1. The summed E-state index contributed by atoms with van der Waals surface area (Å²) < 4.78 is 0. The number of fused-ring (bicyclic) bond motifs is 1. The van der Waals surface area contributed by atoms with Crippen LogP contribution in [0.3, 0.4) is 0 Å². The van der Waals surface area contributed by atoms with Crippen LogP contribution in [0.4, 0.5) is 0 Å². The van der Waals surface area contributed by atoms with Crippen LogP contribution in [0.25, 0.3) is 11.3 Å². The fraction of sp³-hybridized carbons (Fsp3) is 0.111. The summed E-state index contributed by atoms with van der Waals surface area (Å²) in [6.45, 7) is 2.03. The normalized spacial score (nSPS) is 16.2. The van der Waals surface area contributed by atoms with Crippen LogP contribution >= 0.6 is 0 Å². The number of nitrogens with zero attached hydrogens (tertiary/aromatic N) is 1. The quantitative estimate of drug-likeness (QED) is 0.681. The van der Waals surface area contributed by atoms with Crippen molar-refractivity contribution >= 4 is 5.91 Å². The minimum Gasteiger partial charge on any atom is -0.508 e. The van der Waals surface area contributed by atoms with Gasteiger partial charge < -0.3 is 10.4 Å². The molecule has 1 aromatic heterocycles. The van der Waals surface area contributed by atoms with E-state index in [4.69, 9.17) is 0 Å². The number of amides is 1. The number of aromatic hydroxyl groups is 1. The number of hydrogen-bond acceptors (Lipinski definition) is 3. The average molecular weight is 305 g/mol. The van der Waals surface area contributed by atoms with Gasteiger partial charge in [0.25, 0.3) is 5.91 Å². The summed E-state index contributed by atoms with van der Waals surface area (Å²) in [5, 5.41) is 19.6. The number of hydrogen-bond donors (Lipinski definition) is 3. The fourth-order valence-corrected chi connectivity index (χ4v) is 2.93. The molecule has 1 aliphatic heterocycles. The van der Waals surface area contributed by atoms with E-state index in [2.05, 4.69) is 15.5 Å². The van der Waals surface area contributed by atoms with Crippen LogP contribution < -0.4 is 5.32 Å². The van der Waals surface area contributed by atoms with Crippen molar-refractivity contribution in [3.05, 3.63) is 70.9 Å². The van der Waals surface area contributed by atoms with Crippen molar-refractivity contribution in [3.8, 4) is 17.0 Å². The van der Waals surface area contributed by atoms with E-state index in [1.165, 1.54) is 5.56 Å². The Kier molecular flexibility index (Phi) is 2.94. The van der Waals surface area contributed by atoms with Crippen molar-refractivity contribution in [2.24, 2.45) is 0 Å². The molecule has 23 heavy (non-hydrogen) atoms. The molecule has 0 spiro atoms. The summed E-state index contributed by atoms with van der Waals surface area (Å²) in [7, 11) is 0. The third kappa shape index (κ3) is 2.17. The van der Waals surface area contributed by atoms with Crippen LogP contribution in [0.15, 0.2) is 48.5 Å².